The fourth-order valence-electron chi connectivity index (χ4n) is 1.71. The van der Waals surface area contributed by atoms with E-state index in [2.05, 4.69) is 27.6 Å². The number of nitrogens with zero attached hydrogens (tertiary/aromatic N) is 3. The maximum absolute atomic E-state index is 11.6. The van der Waals surface area contributed by atoms with Gasteiger partial charge in [-0.1, -0.05) is 6.92 Å². The third-order valence-corrected chi connectivity index (χ3v) is 2.46. The molecule has 0 atom stereocenters. The predicted molar refractivity (Wildman–Crippen MR) is 74.5 cm³/mol. The van der Waals surface area contributed by atoms with Gasteiger partial charge in [-0.25, -0.2) is 9.67 Å². The summed E-state index contributed by atoms with van der Waals surface area (Å²) < 4.78 is 1.89. The summed E-state index contributed by atoms with van der Waals surface area (Å²) in [4.78, 5) is 15.8. The summed E-state index contributed by atoms with van der Waals surface area (Å²) in [7, 11) is 0. The molecular weight excluding hydrogens is 242 g/mol. The molecule has 108 valence electrons. The van der Waals surface area contributed by atoms with Crippen molar-refractivity contribution in [1.82, 2.24) is 25.4 Å². The van der Waals surface area contributed by atoms with E-state index in [1.807, 2.05) is 25.5 Å². The number of hydrogen-bond donors (Lipinski definition) is 2. The van der Waals surface area contributed by atoms with Crippen molar-refractivity contribution in [2.24, 2.45) is 0 Å². The number of aryl methyl sites for hydroxylation is 1. The van der Waals surface area contributed by atoms with Crippen LogP contribution in [0.3, 0.4) is 0 Å². The molecule has 0 aliphatic carbocycles. The minimum atomic E-state index is -0.168. The van der Waals surface area contributed by atoms with Crippen molar-refractivity contribution in [1.29, 1.82) is 0 Å². The molecule has 1 aromatic heterocycles. The Balaban J connectivity index is 2.23. The molecule has 0 unspecified atom stereocenters. The van der Waals surface area contributed by atoms with Crippen molar-refractivity contribution in [3.63, 3.8) is 0 Å². The summed E-state index contributed by atoms with van der Waals surface area (Å²) in [6.45, 7) is 10.2. The van der Waals surface area contributed by atoms with E-state index >= 15 is 0 Å². The second kappa shape index (κ2) is 7.23. The van der Waals surface area contributed by atoms with E-state index in [1.165, 1.54) is 0 Å². The van der Waals surface area contributed by atoms with E-state index in [0.29, 0.717) is 19.5 Å². The number of amides is 1. The number of carbonyl (C=O) groups is 1. The molecule has 1 amide bonds. The largest absolute Gasteiger partial charge is 0.351 e. The third kappa shape index (κ3) is 6.33. The Bertz CT molecular complexity index is 394. The lowest BCUT2D eigenvalue weighted by atomic mass is 10.1. The average molecular weight is 267 g/mol. The molecule has 1 aromatic rings. The van der Waals surface area contributed by atoms with E-state index in [4.69, 9.17) is 0 Å². The number of aromatic nitrogens is 3. The predicted octanol–water partition coefficient (Wildman–Crippen LogP) is 1.08. The Hall–Kier alpha value is -1.43. The molecule has 1 heterocycles. The molecule has 0 aliphatic rings. The van der Waals surface area contributed by atoms with Gasteiger partial charge in [-0.05, 0) is 27.2 Å². The van der Waals surface area contributed by atoms with Gasteiger partial charge < -0.3 is 10.6 Å². The maximum Gasteiger partial charge on any atom is 0.221 e. The van der Waals surface area contributed by atoms with Crippen LogP contribution in [-0.2, 0) is 17.9 Å². The molecule has 0 bridgehead atoms. The lowest BCUT2D eigenvalue weighted by Gasteiger charge is -2.20. The second-order valence-corrected chi connectivity index (χ2v) is 5.62. The normalized spacial score (nSPS) is 11.6. The van der Waals surface area contributed by atoms with Gasteiger partial charge in [0.1, 0.15) is 12.2 Å². The molecule has 0 aromatic carbocycles. The zero-order chi connectivity index (χ0) is 14.3. The Morgan fingerprint density at radius 3 is 2.79 bits per heavy atom. The highest BCUT2D eigenvalue weighted by molar-refractivity contribution is 5.76. The van der Waals surface area contributed by atoms with Crippen LogP contribution in [0.15, 0.2) is 6.33 Å². The summed E-state index contributed by atoms with van der Waals surface area (Å²) in [5, 5.41) is 10.3. The molecule has 0 fully saturated rings. The van der Waals surface area contributed by atoms with Crippen LogP contribution in [0, 0.1) is 0 Å². The van der Waals surface area contributed by atoms with Crippen molar-refractivity contribution in [2.45, 2.75) is 59.2 Å². The number of rotatable bonds is 7. The van der Waals surface area contributed by atoms with Crippen LogP contribution in [0.25, 0.3) is 0 Å². The average Bonchev–Trinajstić information content (AvgIpc) is 2.70. The first-order valence-electron chi connectivity index (χ1n) is 6.81. The molecule has 6 heteroatoms. The minimum Gasteiger partial charge on any atom is -0.351 e. The zero-order valence-corrected chi connectivity index (χ0v) is 12.4. The van der Waals surface area contributed by atoms with Crippen molar-refractivity contribution >= 4 is 5.91 Å². The molecule has 0 spiro atoms. The van der Waals surface area contributed by atoms with Crippen LogP contribution in [0.1, 0.15) is 46.4 Å². The highest BCUT2D eigenvalue weighted by Crippen LogP contribution is 1.99. The van der Waals surface area contributed by atoms with Crippen LogP contribution < -0.4 is 10.6 Å². The zero-order valence-electron chi connectivity index (χ0n) is 12.4. The standard InChI is InChI=1S/C13H25N5O/c1-5-8-18-11(15-10-16-18)9-14-7-6-12(19)17-13(2,3)4/h10,14H,5-9H2,1-4H3,(H,17,19). The molecule has 19 heavy (non-hydrogen) atoms. The van der Waals surface area contributed by atoms with Crippen molar-refractivity contribution in [3.05, 3.63) is 12.2 Å². The van der Waals surface area contributed by atoms with E-state index in [-0.39, 0.29) is 11.4 Å². The molecule has 0 aliphatic heterocycles. The summed E-state index contributed by atoms with van der Waals surface area (Å²) in [5.41, 5.74) is -0.168. The molecule has 2 N–H and O–H groups in total. The van der Waals surface area contributed by atoms with E-state index in [1.54, 1.807) is 6.33 Å². The lowest BCUT2D eigenvalue weighted by Crippen LogP contribution is -2.41. The first kappa shape index (κ1) is 15.6. The van der Waals surface area contributed by atoms with Gasteiger partial charge in [0.25, 0.3) is 0 Å². The first-order chi connectivity index (χ1) is 8.92. The lowest BCUT2D eigenvalue weighted by molar-refractivity contribution is -0.122. The quantitative estimate of drug-likeness (QED) is 0.725. The summed E-state index contributed by atoms with van der Waals surface area (Å²) in [6, 6.07) is 0. The Labute approximate surface area is 115 Å². The SMILES string of the molecule is CCCn1ncnc1CNCCC(=O)NC(C)(C)C. The Morgan fingerprint density at radius 2 is 2.16 bits per heavy atom. The highest BCUT2D eigenvalue weighted by Gasteiger charge is 2.13. The van der Waals surface area contributed by atoms with Crippen molar-refractivity contribution in [2.75, 3.05) is 6.54 Å². The van der Waals surface area contributed by atoms with Crippen LogP contribution in [0.5, 0.6) is 0 Å². The van der Waals surface area contributed by atoms with Crippen LogP contribution >= 0.6 is 0 Å². The van der Waals surface area contributed by atoms with E-state index < -0.39 is 0 Å². The van der Waals surface area contributed by atoms with Crippen LogP contribution in [0.2, 0.25) is 0 Å². The van der Waals surface area contributed by atoms with Gasteiger partial charge in [0, 0.05) is 25.0 Å². The van der Waals surface area contributed by atoms with Gasteiger partial charge in [-0.3, -0.25) is 4.79 Å². The summed E-state index contributed by atoms with van der Waals surface area (Å²) in [5.74, 6) is 0.980. The fraction of sp³-hybridized carbons (Fsp3) is 0.769. The molecular formula is C13H25N5O. The highest BCUT2D eigenvalue weighted by atomic mass is 16.1. The molecule has 6 nitrogen and oxygen atoms in total. The van der Waals surface area contributed by atoms with Gasteiger partial charge in [0.2, 0.25) is 5.91 Å². The van der Waals surface area contributed by atoms with Gasteiger partial charge in [-0.2, -0.15) is 5.10 Å². The van der Waals surface area contributed by atoms with E-state index in [9.17, 15) is 4.79 Å². The maximum atomic E-state index is 11.6. The first-order valence-corrected chi connectivity index (χ1v) is 6.81. The summed E-state index contributed by atoms with van der Waals surface area (Å²) in [6.07, 6.45) is 3.07. The fourth-order valence-corrected chi connectivity index (χ4v) is 1.71. The molecule has 0 saturated carbocycles. The number of hydrogen-bond acceptors (Lipinski definition) is 4. The van der Waals surface area contributed by atoms with Crippen LogP contribution in [0.4, 0.5) is 0 Å². The molecule has 0 saturated heterocycles. The number of nitrogens with one attached hydrogen (secondary N) is 2. The van der Waals surface area contributed by atoms with Gasteiger partial charge in [0.15, 0.2) is 0 Å². The number of carbonyl (C=O) groups excluding carboxylic acids is 1. The second-order valence-electron chi connectivity index (χ2n) is 5.62. The van der Waals surface area contributed by atoms with Gasteiger partial charge in [0.05, 0.1) is 6.54 Å². The van der Waals surface area contributed by atoms with Gasteiger partial charge in [-0.15, -0.1) is 0 Å². The monoisotopic (exact) mass is 267 g/mol. The minimum absolute atomic E-state index is 0.0648. The Morgan fingerprint density at radius 1 is 1.42 bits per heavy atom. The van der Waals surface area contributed by atoms with E-state index in [0.717, 1.165) is 18.8 Å². The molecule has 1 rings (SSSR count). The Kier molecular flexibility index (Phi) is 5.95. The summed E-state index contributed by atoms with van der Waals surface area (Å²) >= 11 is 0. The van der Waals surface area contributed by atoms with Crippen LogP contribution in [-0.4, -0.2) is 32.8 Å². The van der Waals surface area contributed by atoms with Crippen molar-refractivity contribution in [3.8, 4) is 0 Å². The third-order valence-electron chi connectivity index (χ3n) is 2.46. The van der Waals surface area contributed by atoms with Gasteiger partial charge >= 0.3 is 0 Å². The van der Waals surface area contributed by atoms with Crippen molar-refractivity contribution < 1.29 is 4.79 Å². The smallest absolute Gasteiger partial charge is 0.221 e. The molecule has 0 radical (unpaired) electrons. The topological polar surface area (TPSA) is 71.8 Å².